The number of halogens is 6. The molecule has 212 valence electrons. The second-order valence-corrected chi connectivity index (χ2v) is 8.62. The van der Waals surface area contributed by atoms with Gasteiger partial charge in [0.1, 0.15) is 11.4 Å². The Labute approximate surface area is 221 Å². The van der Waals surface area contributed by atoms with E-state index in [2.05, 4.69) is 15.2 Å². The number of nitrogens with zero attached hydrogens (tertiary/aromatic N) is 4. The van der Waals surface area contributed by atoms with E-state index in [1.807, 2.05) is 5.32 Å². The van der Waals surface area contributed by atoms with Crippen LogP contribution < -0.4 is 5.32 Å². The molecule has 0 saturated carbocycles. The van der Waals surface area contributed by atoms with Crippen LogP contribution in [0.4, 0.5) is 37.8 Å². The third-order valence-corrected chi connectivity index (χ3v) is 5.89. The van der Waals surface area contributed by atoms with Crippen molar-refractivity contribution in [1.29, 1.82) is 0 Å². The van der Waals surface area contributed by atoms with Crippen molar-refractivity contribution in [2.75, 3.05) is 5.32 Å². The molecule has 10 nitrogen and oxygen atoms in total. The number of amides is 1. The molecule has 1 amide bonds. The molecular weight excluding hydrogens is 552 g/mol. The molecule has 4 rings (SSSR count). The normalized spacial score (nSPS) is 19.3. The molecule has 0 aliphatic carbocycles. The van der Waals surface area contributed by atoms with Crippen LogP contribution in [0.15, 0.2) is 53.0 Å². The topological polar surface area (TPSA) is 133 Å². The number of ether oxygens (including phenoxy) is 1. The van der Waals surface area contributed by atoms with Gasteiger partial charge in [0.25, 0.3) is 11.8 Å². The van der Waals surface area contributed by atoms with E-state index in [4.69, 9.17) is 9.15 Å². The SMILES string of the molecule is O=C1CC/C=C\CCC(OCc2ccccc2)(C(F)(F)F)c2nnc(o2)-c2nc(c(C(F)(F)F)cc2[N+](=O)[O-])N1. The number of carbonyl (C=O) groups is 1. The zero-order valence-corrected chi connectivity index (χ0v) is 20.3. The molecule has 1 N–H and O–H groups in total. The number of fused-ring (bicyclic) bond motifs is 5. The molecule has 0 saturated heterocycles. The van der Waals surface area contributed by atoms with Crippen LogP contribution in [0, 0.1) is 10.1 Å². The standard InChI is InChI=1S/C24H19F6N5O5/c25-23(26,27)15-12-16(35(37)38)18-20-33-34-21(40-20)22(24(28,29)30,39-13-14-8-4-3-5-9-14)11-7-2-1-6-10-17(36)31-19(15)32-18/h1-5,8-9,12H,6-7,10-11,13H2,(H,31,32,36)/b2-1-. The lowest BCUT2D eigenvalue weighted by Crippen LogP contribution is -2.45. The van der Waals surface area contributed by atoms with Crippen LogP contribution in [0.1, 0.15) is 42.7 Å². The number of hydrogen-bond donors (Lipinski definition) is 1. The minimum Gasteiger partial charge on any atom is -0.415 e. The first-order valence-electron chi connectivity index (χ1n) is 11.6. The number of alkyl halides is 6. The number of carbonyl (C=O) groups excluding carboxylic acids is 1. The van der Waals surface area contributed by atoms with Gasteiger partial charge >= 0.3 is 18.0 Å². The fourth-order valence-electron chi connectivity index (χ4n) is 3.89. The Morgan fingerprint density at radius 3 is 2.42 bits per heavy atom. The first kappa shape index (κ1) is 28.7. The monoisotopic (exact) mass is 571 g/mol. The van der Waals surface area contributed by atoms with E-state index in [9.17, 15) is 41.3 Å². The molecule has 0 radical (unpaired) electrons. The highest BCUT2D eigenvalue weighted by Gasteiger charge is 2.61. The molecular formula is C24H19F6N5O5. The van der Waals surface area contributed by atoms with Crippen molar-refractivity contribution >= 4 is 17.4 Å². The smallest absolute Gasteiger partial charge is 0.415 e. The van der Waals surface area contributed by atoms with Crippen molar-refractivity contribution < 1.29 is 45.2 Å². The number of benzene rings is 1. The lowest BCUT2D eigenvalue weighted by Gasteiger charge is -2.32. The summed E-state index contributed by atoms with van der Waals surface area (Å²) < 4.78 is 95.7. The highest BCUT2D eigenvalue weighted by atomic mass is 19.4. The number of anilines is 1. The van der Waals surface area contributed by atoms with Gasteiger partial charge in [0.15, 0.2) is 0 Å². The maximum atomic E-state index is 14.7. The molecule has 1 aromatic carbocycles. The first-order chi connectivity index (χ1) is 18.8. The van der Waals surface area contributed by atoms with Gasteiger partial charge in [0.2, 0.25) is 17.2 Å². The van der Waals surface area contributed by atoms with Gasteiger partial charge < -0.3 is 14.5 Å². The molecule has 1 atom stereocenters. The van der Waals surface area contributed by atoms with E-state index in [0.717, 1.165) is 0 Å². The number of aromatic nitrogens is 3. The number of nitrogens with one attached hydrogen (secondary N) is 1. The van der Waals surface area contributed by atoms with Crippen LogP contribution in [0.5, 0.6) is 0 Å². The first-order valence-corrected chi connectivity index (χ1v) is 11.6. The Bertz CT molecular complexity index is 1420. The van der Waals surface area contributed by atoms with E-state index in [-0.39, 0.29) is 25.3 Å². The third kappa shape index (κ3) is 5.95. The molecule has 0 fully saturated rings. The maximum absolute atomic E-state index is 14.7. The van der Waals surface area contributed by atoms with Crippen molar-refractivity contribution in [2.24, 2.45) is 0 Å². The highest BCUT2D eigenvalue weighted by molar-refractivity contribution is 5.91. The lowest BCUT2D eigenvalue weighted by molar-refractivity contribution is -0.384. The van der Waals surface area contributed by atoms with Crippen molar-refractivity contribution in [2.45, 2.75) is 50.2 Å². The Morgan fingerprint density at radius 1 is 1.07 bits per heavy atom. The molecule has 0 spiro atoms. The number of rotatable bonds is 4. The molecule has 3 heterocycles. The van der Waals surface area contributed by atoms with E-state index >= 15 is 0 Å². The van der Waals surface area contributed by atoms with Gasteiger partial charge in [-0.25, -0.2) is 4.98 Å². The summed E-state index contributed by atoms with van der Waals surface area (Å²) in [7, 11) is 0. The summed E-state index contributed by atoms with van der Waals surface area (Å²) in [6, 6.07) is 7.97. The van der Waals surface area contributed by atoms with Crippen molar-refractivity contribution in [3.63, 3.8) is 0 Å². The average Bonchev–Trinajstić information content (AvgIpc) is 3.36. The summed E-state index contributed by atoms with van der Waals surface area (Å²) in [4.78, 5) is 26.3. The Balaban J connectivity index is 1.91. The summed E-state index contributed by atoms with van der Waals surface area (Å²) in [5, 5.41) is 20.5. The second-order valence-electron chi connectivity index (χ2n) is 8.62. The van der Waals surface area contributed by atoms with Crippen LogP contribution in [-0.2, 0) is 27.9 Å². The van der Waals surface area contributed by atoms with Crippen molar-refractivity contribution in [3.8, 4) is 11.6 Å². The quantitative estimate of drug-likeness (QED) is 0.172. The Kier molecular flexibility index (Phi) is 7.91. The van der Waals surface area contributed by atoms with Crippen molar-refractivity contribution in [1.82, 2.24) is 15.2 Å². The van der Waals surface area contributed by atoms with Gasteiger partial charge in [-0.05, 0) is 24.8 Å². The largest absolute Gasteiger partial charge is 0.426 e. The predicted octanol–water partition coefficient (Wildman–Crippen LogP) is 6.10. The summed E-state index contributed by atoms with van der Waals surface area (Å²) in [5.74, 6) is -4.14. The van der Waals surface area contributed by atoms with Crippen LogP contribution in [0.25, 0.3) is 11.6 Å². The molecule has 16 heteroatoms. The van der Waals surface area contributed by atoms with E-state index < -0.39 is 76.4 Å². The third-order valence-electron chi connectivity index (χ3n) is 5.89. The second kappa shape index (κ2) is 11.0. The maximum Gasteiger partial charge on any atom is 0.426 e. The molecule has 2 aromatic heterocycles. The molecule has 3 aromatic rings. The van der Waals surface area contributed by atoms with Gasteiger partial charge in [-0.1, -0.05) is 42.5 Å². The van der Waals surface area contributed by atoms with Gasteiger partial charge in [-0.2, -0.15) is 26.3 Å². The minimum absolute atomic E-state index is 0.0267. The van der Waals surface area contributed by atoms with Crippen LogP contribution in [0.3, 0.4) is 0 Å². The fourth-order valence-corrected chi connectivity index (χ4v) is 3.89. The van der Waals surface area contributed by atoms with E-state index in [1.165, 1.54) is 24.3 Å². The van der Waals surface area contributed by atoms with Crippen LogP contribution in [-0.4, -0.2) is 32.2 Å². The summed E-state index contributed by atoms with van der Waals surface area (Å²) in [6.45, 7) is -0.539. The van der Waals surface area contributed by atoms with Gasteiger partial charge in [-0.15, -0.1) is 10.2 Å². The van der Waals surface area contributed by atoms with Gasteiger partial charge in [0.05, 0.1) is 11.5 Å². The van der Waals surface area contributed by atoms with Crippen LogP contribution >= 0.6 is 0 Å². The minimum atomic E-state index is -5.18. The number of nitro groups is 1. The Hall–Kier alpha value is -4.34. The van der Waals surface area contributed by atoms with Gasteiger partial charge in [-0.3, -0.25) is 14.9 Å². The fraction of sp³-hybridized carbons (Fsp3) is 0.333. The van der Waals surface area contributed by atoms with Crippen molar-refractivity contribution in [3.05, 3.63) is 75.7 Å². The molecule has 1 aliphatic heterocycles. The molecule has 4 bridgehead atoms. The number of hydrogen-bond acceptors (Lipinski definition) is 8. The lowest BCUT2D eigenvalue weighted by atomic mass is 9.95. The summed E-state index contributed by atoms with van der Waals surface area (Å²) in [5.41, 5.74) is -6.72. The number of allylic oxidation sites excluding steroid dienone is 2. The average molecular weight is 571 g/mol. The number of pyridine rings is 1. The van der Waals surface area contributed by atoms with E-state index in [1.54, 1.807) is 18.2 Å². The zero-order chi connectivity index (χ0) is 29.1. The highest BCUT2D eigenvalue weighted by Crippen LogP contribution is 2.47. The molecule has 1 aliphatic rings. The van der Waals surface area contributed by atoms with E-state index in [0.29, 0.717) is 5.56 Å². The summed E-state index contributed by atoms with van der Waals surface area (Å²) >= 11 is 0. The summed E-state index contributed by atoms with van der Waals surface area (Å²) in [6.07, 6.45) is -8.97. The molecule has 1 unspecified atom stereocenters. The zero-order valence-electron chi connectivity index (χ0n) is 20.3. The molecule has 40 heavy (non-hydrogen) atoms. The van der Waals surface area contributed by atoms with Crippen LogP contribution in [0.2, 0.25) is 0 Å². The predicted molar refractivity (Wildman–Crippen MR) is 124 cm³/mol. The Morgan fingerprint density at radius 2 is 1.77 bits per heavy atom. The van der Waals surface area contributed by atoms with Gasteiger partial charge in [0, 0.05) is 12.5 Å².